The van der Waals surface area contributed by atoms with Gasteiger partial charge in [-0.2, -0.15) is 0 Å². The molecule has 22 heavy (non-hydrogen) atoms. The van der Waals surface area contributed by atoms with E-state index in [1.807, 2.05) is 0 Å². The molecule has 0 bridgehead atoms. The average molecular weight is 301 g/mol. The van der Waals surface area contributed by atoms with Crippen LogP contribution in [-0.4, -0.2) is 22.8 Å². The Labute approximate surface area is 125 Å². The maximum atomic E-state index is 12.8. The summed E-state index contributed by atoms with van der Waals surface area (Å²) in [5.74, 6) is -2.77. The molecule has 6 heteroatoms. The van der Waals surface area contributed by atoms with E-state index in [-0.39, 0.29) is 16.8 Å². The number of hydrogen-bond acceptors (Lipinski definition) is 3. The first-order valence-electron chi connectivity index (χ1n) is 6.38. The highest BCUT2D eigenvalue weighted by Gasteiger charge is 2.15. The van der Waals surface area contributed by atoms with Crippen LogP contribution in [0, 0.1) is 5.82 Å². The summed E-state index contributed by atoms with van der Waals surface area (Å²) >= 11 is 0. The number of Topliss-reactive ketones (excluding diaryl/α,β-unsaturated/α-hetero) is 1. The molecule has 0 unspecified atom stereocenters. The molecule has 2 aromatic carbocycles. The van der Waals surface area contributed by atoms with E-state index in [1.165, 1.54) is 30.3 Å². The van der Waals surface area contributed by atoms with E-state index in [0.717, 1.165) is 12.1 Å². The van der Waals surface area contributed by atoms with Crippen molar-refractivity contribution in [1.82, 2.24) is 0 Å². The molecule has 0 aliphatic carbocycles. The minimum atomic E-state index is -1.18. The number of carbonyl (C=O) groups is 3. The summed E-state index contributed by atoms with van der Waals surface area (Å²) in [4.78, 5) is 34.7. The van der Waals surface area contributed by atoms with Gasteiger partial charge in [0, 0.05) is 5.56 Å². The Bertz CT molecular complexity index is 725. The highest BCUT2D eigenvalue weighted by molar-refractivity contribution is 6.12. The summed E-state index contributed by atoms with van der Waals surface area (Å²) in [6, 6.07) is 10.7. The number of benzene rings is 2. The topological polar surface area (TPSA) is 83.5 Å². The molecule has 0 atom stereocenters. The fourth-order valence-electron chi connectivity index (χ4n) is 1.86. The normalized spacial score (nSPS) is 10.0. The number of anilines is 1. The van der Waals surface area contributed by atoms with Crippen LogP contribution < -0.4 is 5.32 Å². The van der Waals surface area contributed by atoms with E-state index in [9.17, 15) is 18.8 Å². The Morgan fingerprint density at radius 3 is 2.27 bits per heavy atom. The number of aromatic carboxylic acids is 1. The van der Waals surface area contributed by atoms with Crippen molar-refractivity contribution in [2.75, 3.05) is 5.32 Å². The Hall–Kier alpha value is -3.02. The summed E-state index contributed by atoms with van der Waals surface area (Å²) in [6.45, 7) is 0. The number of para-hydroxylation sites is 1. The van der Waals surface area contributed by atoms with E-state index in [0.29, 0.717) is 0 Å². The molecule has 2 rings (SSSR count). The molecule has 0 saturated heterocycles. The number of rotatable bonds is 5. The van der Waals surface area contributed by atoms with E-state index >= 15 is 0 Å². The van der Waals surface area contributed by atoms with Gasteiger partial charge in [-0.3, -0.25) is 9.59 Å². The lowest BCUT2D eigenvalue weighted by molar-refractivity contribution is -0.115. The molecule has 2 N–H and O–H groups in total. The Balaban J connectivity index is 2.06. The van der Waals surface area contributed by atoms with Crippen molar-refractivity contribution < 1.29 is 23.9 Å². The maximum Gasteiger partial charge on any atom is 0.337 e. The molecule has 0 aromatic heterocycles. The number of nitrogens with one attached hydrogen (secondary N) is 1. The van der Waals surface area contributed by atoms with Gasteiger partial charge in [0.05, 0.1) is 17.7 Å². The third-order valence-corrected chi connectivity index (χ3v) is 2.92. The average Bonchev–Trinajstić information content (AvgIpc) is 2.48. The predicted molar refractivity (Wildman–Crippen MR) is 77.4 cm³/mol. The van der Waals surface area contributed by atoms with Gasteiger partial charge >= 0.3 is 5.97 Å². The molecule has 0 radical (unpaired) electrons. The van der Waals surface area contributed by atoms with Gasteiger partial charge in [0.25, 0.3) is 0 Å². The van der Waals surface area contributed by atoms with Gasteiger partial charge in [-0.05, 0) is 36.4 Å². The molecule has 0 heterocycles. The SMILES string of the molecule is O=C(CC(=O)c1ccc(F)cc1)Nc1ccccc1C(=O)O. The molecule has 1 amide bonds. The Morgan fingerprint density at radius 2 is 1.64 bits per heavy atom. The largest absolute Gasteiger partial charge is 0.478 e. The second-order valence-corrected chi connectivity index (χ2v) is 4.51. The van der Waals surface area contributed by atoms with Crippen molar-refractivity contribution in [2.24, 2.45) is 0 Å². The number of carbonyl (C=O) groups excluding carboxylic acids is 2. The van der Waals surface area contributed by atoms with Crippen molar-refractivity contribution in [2.45, 2.75) is 6.42 Å². The van der Waals surface area contributed by atoms with Crippen LogP contribution in [0.4, 0.5) is 10.1 Å². The lowest BCUT2D eigenvalue weighted by atomic mass is 10.1. The molecule has 112 valence electrons. The van der Waals surface area contributed by atoms with E-state index in [2.05, 4.69) is 5.32 Å². The molecule has 0 aliphatic heterocycles. The van der Waals surface area contributed by atoms with Crippen LogP contribution in [-0.2, 0) is 4.79 Å². The third-order valence-electron chi connectivity index (χ3n) is 2.92. The maximum absolute atomic E-state index is 12.8. The van der Waals surface area contributed by atoms with E-state index in [1.54, 1.807) is 6.07 Å². The van der Waals surface area contributed by atoms with Crippen molar-refractivity contribution >= 4 is 23.3 Å². The van der Waals surface area contributed by atoms with Gasteiger partial charge in [0.1, 0.15) is 5.82 Å². The summed E-state index contributed by atoms with van der Waals surface area (Å²) in [5, 5.41) is 11.4. The predicted octanol–water partition coefficient (Wildman–Crippen LogP) is 2.74. The van der Waals surface area contributed by atoms with Crippen LogP contribution in [0.5, 0.6) is 0 Å². The fraction of sp³-hybridized carbons (Fsp3) is 0.0625. The van der Waals surface area contributed by atoms with Crippen molar-refractivity contribution in [3.05, 3.63) is 65.5 Å². The van der Waals surface area contributed by atoms with Gasteiger partial charge in [-0.1, -0.05) is 12.1 Å². The number of amides is 1. The third kappa shape index (κ3) is 3.76. The van der Waals surface area contributed by atoms with Crippen molar-refractivity contribution in [3.8, 4) is 0 Å². The monoisotopic (exact) mass is 301 g/mol. The van der Waals surface area contributed by atoms with Crippen molar-refractivity contribution in [1.29, 1.82) is 0 Å². The van der Waals surface area contributed by atoms with Crippen LogP contribution in [0.1, 0.15) is 27.1 Å². The second kappa shape index (κ2) is 6.62. The summed E-state index contributed by atoms with van der Waals surface area (Å²) in [5.41, 5.74) is 0.264. The zero-order chi connectivity index (χ0) is 16.1. The fourth-order valence-corrected chi connectivity index (χ4v) is 1.86. The first kappa shape index (κ1) is 15.4. The van der Waals surface area contributed by atoms with E-state index in [4.69, 9.17) is 5.11 Å². The minimum absolute atomic E-state index is 0.0647. The smallest absolute Gasteiger partial charge is 0.337 e. The summed E-state index contributed by atoms with van der Waals surface area (Å²) in [6.07, 6.45) is -0.459. The van der Waals surface area contributed by atoms with E-state index < -0.39 is 29.9 Å². The summed E-state index contributed by atoms with van der Waals surface area (Å²) in [7, 11) is 0. The van der Waals surface area contributed by atoms with Gasteiger partial charge in [-0.25, -0.2) is 9.18 Å². The lowest BCUT2D eigenvalue weighted by Crippen LogP contribution is -2.18. The van der Waals surface area contributed by atoms with Crippen LogP contribution in [0.3, 0.4) is 0 Å². The van der Waals surface area contributed by atoms with Gasteiger partial charge in [-0.15, -0.1) is 0 Å². The number of hydrogen-bond donors (Lipinski definition) is 2. The Morgan fingerprint density at radius 1 is 1.00 bits per heavy atom. The molecule has 0 saturated carbocycles. The van der Waals surface area contributed by atoms with Crippen molar-refractivity contribution in [3.63, 3.8) is 0 Å². The van der Waals surface area contributed by atoms with Gasteiger partial charge in [0.2, 0.25) is 5.91 Å². The molecule has 5 nitrogen and oxygen atoms in total. The lowest BCUT2D eigenvalue weighted by Gasteiger charge is -2.08. The number of carboxylic acids is 1. The number of carboxylic acid groups (broad SMARTS) is 1. The summed E-state index contributed by atoms with van der Waals surface area (Å²) < 4.78 is 12.8. The van der Waals surface area contributed by atoms with Gasteiger partial charge in [0.15, 0.2) is 5.78 Å². The zero-order valence-electron chi connectivity index (χ0n) is 11.4. The molecule has 2 aromatic rings. The molecular weight excluding hydrogens is 289 g/mol. The van der Waals surface area contributed by atoms with Crippen LogP contribution in [0.25, 0.3) is 0 Å². The first-order chi connectivity index (χ1) is 10.5. The van der Waals surface area contributed by atoms with Crippen LogP contribution in [0.2, 0.25) is 0 Å². The molecule has 0 aliphatic rings. The quantitative estimate of drug-likeness (QED) is 0.657. The highest BCUT2D eigenvalue weighted by atomic mass is 19.1. The number of halogens is 1. The molecule has 0 spiro atoms. The molecular formula is C16H12FNO4. The standard InChI is InChI=1S/C16H12FNO4/c17-11-7-5-10(6-8-11)14(19)9-15(20)18-13-4-2-1-3-12(13)16(21)22/h1-8H,9H2,(H,18,20)(H,21,22). The molecule has 0 fully saturated rings. The zero-order valence-corrected chi connectivity index (χ0v) is 11.4. The first-order valence-corrected chi connectivity index (χ1v) is 6.38. The van der Waals surface area contributed by atoms with Gasteiger partial charge < -0.3 is 10.4 Å². The second-order valence-electron chi connectivity index (χ2n) is 4.51. The van der Waals surface area contributed by atoms with Crippen LogP contribution >= 0.6 is 0 Å². The minimum Gasteiger partial charge on any atom is -0.478 e. The highest BCUT2D eigenvalue weighted by Crippen LogP contribution is 2.15. The number of ketones is 1. The Kier molecular flexibility index (Phi) is 4.63. The van der Waals surface area contributed by atoms with Crippen LogP contribution in [0.15, 0.2) is 48.5 Å².